The van der Waals surface area contributed by atoms with Crippen LogP contribution < -0.4 is 9.13 Å². The third-order valence-corrected chi connectivity index (χ3v) is 4.88. The number of aryl methyl sites for hydroxylation is 4. The highest BCUT2D eigenvalue weighted by atomic mass is 14.9. The molecule has 2 heteroatoms. The Hall–Kier alpha value is -3.36. The number of rotatable bonds is 6. The number of nitrogens with zero attached hydrogens (tertiary/aromatic N) is 2. The predicted molar refractivity (Wildman–Crippen MR) is 121 cm³/mol. The minimum absolute atomic E-state index is 0.896. The van der Waals surface area contributed by atoms with Gasteiger partial charge in [-0.05, 0) is 43.2 Å². The van der Waals surface area contributed by atoms with Crippen molar-refractivity contribution in [3.05, 3.63) is 95.6 Å². The van der Waals surface area contributed by atoms with Crippen LogP contribution in [0.15, 0.2) is 73.3 Å². The maximum Gasteiger partial charge on any atom is 0.169 e. The highest BCUT2D eigenvalue weighted by molar-refractivity contribution is 5.43. The summed E-state index contributed by atoms with van der Waals surface area (Å²) in [6.07, 6.45) is 12.4. The van der Waals surface area contributed by atoms with Gasteiger partial charge >= 0.3 is 0 Å². The summed E-state index contributed by atoms with van der Waals surface area (Å²) in [5, 5.41) is 0. The van der Waals surface area contributed by atoms with E-state index in [1.807, 2.05) is 6.07 Å². The predicted octanol–water partition coefficient (Wildman–Crippen LogP) is 4.54. The summed E-state index contributed by atoms with van der Waals surface area (Å²) in [5.74, 6) is 13.1. The molecule has 0 aliphatic heterocycles. The molecule has 3 aromatic rings. The monoisotopic (exact) mass is 394 g/mol. The van der Waals surface area contributed by atoms with Crippen molar-refractivity contribution in [3.63, 3.8) is 0 Å². The topological polar surface area (TPSA) is 7.76 Å². The lowest BCUT2D eigenvalue weighted by atomic mass is 10.1. The Labute approximate surface area is 181 Å². The van der Waals surface area contributed by atoms with Crippen LogP contribution in [0.3, 0.4) is 0 Å². The molecule has 2 heterocycles. The second kappa shape index (κ2) is 11.6. The Morgan fingerprint density at radius 2 is 1.07 bits per heavy atom. The van der Waals surface area contributed by atoms with Crippen molar-refractivity contribution < 1.29 is 9.13 Å². The molecule has 0 bridgehead atoms. The van der Waals surface area contributed by atoms with E-state index >= 15 is 0 Å². The lowest BCUT2D eigenvalue weighted by molar-refractivity contribution is -0.697. The maximum absolute atomic E-state index is 3.29. The molecule has 150 valence electrons. The van der Waals surface area contributed by atoms with E-state index in [4.69, 9.17) is 0 Å². The van der Waals surface area contributed by atoms with Gasteiger partial charge < -0.3 is 0 Å². The highest BCUT2D eigenvalue weighted by Gasteiger charge is 1.98. The normalized spacial score (nSPS) is 9.93. The lowest BCUT2D eigenvalue weighted by Crippen LogP contribution is -2.32. The Kier molecular flexibility index (Phi) is 8.25. The quantitative estimate of drug-likeness (QED) is 0.329. The highest BCUT2D eigenvalue weighted by Crippen LogP contribution is 2.03. The molecule has 2 aromatic heterocycles. The average Bonchev–Trinajstić information content (AvgIpc) is 2.76. The molecule has 0 atom stereocenters. The average molecular weight is 395 g/mol. The van der Waals surface area contributed by atoms with E-state index in [1.165, 1.54) is 11.1 Å². The van der Waals surface area contributed by atoms with E-state index < -0.39 is 0 Å². The summed E-state index contributed by atoms with van der Waals surface area (Å²) in [7, 11) is 0. The smallest absolute Gasteiger partial charge is 0.169 e. The van der Waals surface area contributed by atoms with E-state index in [2.05, 4.69) is 114 Å². The van der Waals surface area contributed by atoms with Gasteiger partial charge in [0.2, 0.25) is 0 Å². The number of hydrogen-bond acceptors (Lipinski definition) is 0. The molecule has 2 nitrogen and oxygen atoms in total. The second-order valence-electron chi connectivity index (χ2n) is 7.62. The van der Waals surface area contributed by atoms with Gasteiger partial charge in [0.05, 0.1) is 0 Å². The number of hydrogen-bond donors (Lipinski definition) is 0. The summed E-state index contributed by atoms with van der Waals surface area (Å²) in [6, 6.07) is 16.8. The van der Waals surface area contributed by atoms with E-state index in [-0.39, 0.29) is 0 Å². The zero-order valence-corrected chi connectivity index (χ0v) is 18.1. The third-order valence-electron chi connectivity index (χ3n) is 4.88. The minimum atomic E-state index is 0.896. The Balaban J connectivity index is 1.42. The van der Waals surface area contributed by atoms with Gasteiger partial charge in [-0.15, -0.1) is 0 Å². The molecule has 0 saturated carbocycles. The molecule has 0 aliphatic rings. The van der Waals surface area contributed by atoms with Gasteiger partial charge in [0.1, 0.15) is 13.1 Å². The molecule has 0 unspecified atom stereocenters. The Morgan fingerprint density at radius 1 is 0.633 bits per heavy atom. The van der Waals surface area contributed by atoms with Crippen LogP contribution >= 0.6 is 0 Å². The fourth-order valence-electron chi connectivity index (χ4n) is 3.07. The zero-order chi connectivity index (χ0) is 21.0. The molecular weight excluding hydrogens is 364 g/mol. The van der Waals surface area contributed by atoms with Crippen molar-refractivity contribution in [1.29, 1.82) is 0 Å². The van der Waals surface area contributed by atoms with Crippen molar-refractivity contribution in [3.8, 4) is 23.7 Å². The summed E-state index contributed by atoms with van der Waals surface area (Å²) in [5.41, 5.74) is 4.67. The van der Waals surface area contributed by atoms with Gasteiger partial charge in [0.15, 0.2) is 24.8 Å². The molecule has 0 saturated heterocycles. The maximum atomic E-state index is 3.29. The van der Waals surface area contributed by atoms with E-state index in [9.17, 15) is 0 Å². The first-order valence-electron chi connectivity index (χ1n) is 10.7. The van der Waals surface area contributed by atoms with Crippen molar-refractivity contribution in [1.82, 2.24) is 0 Å². The van der Waals surface area contributed by atoms with Crippen LogP contribution in [0.25, 0.3) is 0 Å². The van der Waals surface area contributed by atoms with Gasteiger partial charge in [-0.1, -0.05) is 29.7 Å². The van der Waals surface area contributed by atoms with Gasteiger partial charge in [0, 0.05) is 61.1 Å². The third kappa shape index (κ3) is 7.57. The van der Waals surface area contributed by atoms with Gasteiger partial charge in [-0.3, -0.25) is 0 Å². The molecule has 1 aromatic carbocycles. The molecule has 3 rings (SSSR count). The molecule has 0 N–H and O–H groups in total. The summed E-state index contributed by atoms with van der Waals surface area (Å²) >= 11 is 0. The number of pyridine rings is 2. The molecule has 30 heavy (non-hydrogen) atoms. The fraction of sp³-hybridized carbons (Fsp3) is 0.286. The number of unbranched alkanes of at least 4 members (excludes halogenated alkanes) is 2. The number of aromatic nitrogens is 2. The van der Waals surface area contributed by atoms with Crippen molar-refractivity contribution >= 4 is 0 Å². The van der Waals surface area contributed by atoms with E-state index in [1.54, 1.807) is 0 Å². The summed E-state index contributed by atoms with van der Waals surface area (Å²) in [4.78, 5) is 0. The molecule has 0 aliphatic carbocycles. The van der Waals surface area contributed by atoms with E-state index in [0.29, 0.717) is 0 Å². The van der Waals surface area contributed by atoms with Gasteiger partial charge in [0.25, 0.3) is 0 Å². The Morgan fingerprint density at radius 3 is 1.50 bits per heavy atom. The summed E-state index contributed by atoms with van der Waals surface area (Å²) < 4.78 is 4.42. The largest absolute Gasteiger partial charge is 0.205 e. The van der Waals surface area contributed by atoms with Crippen LogP contribution in [0.2, 0.25) is 0 Å². The fourth-order valence-corrected chi connectivity index (χ4v) is 3.07. The summed E-state index contributed by atoms with van der Waals surface area (Å²) in [6.45, 7) is 6.22. The first kappa shape index (κ1) is 21.4. The van der Waals surface area contributed by atoms with Crippen LogP contribution in [0.5, 0.6) is 0 Å². The lowest BCUT2D eigenvalue weighted by Gasteiger charge is -1.95. The molecule has 0 radical (unpaired) electrons. The van der Waals surface area contributed by atoms with Crippen molar-refractivity contribution in [2.24, 2.45) is 0 Å². The first-order chi connectivity index (χ1) is 14.7. The van der Waals surface area contributed by atoms with Crippen LogP contribution in [-0.2, 0) is 13.1 Å². The van der Waals surface area contributed by atoms with Crippen molar-refractivity contribution in [2.75, 3.05) is 0 Å². The van der Waals surface area contributed by atoms with E-state index in [0.717, 1.165) is 49.9 Å². The van der Waals surface area contributed by atoms with Gasteiger partial charge in [-0.2, -0.15) is 0 Å². The molecule has 0 amide bonds. The first-order valence-corrected chi connectivity index (χ1v) is 10.7. The van der Waals surface area contributed by atoms with Crippen LogP contribution in [0, 0.1) is 37.5 Å². The zero-order valence-electron chi connectivity index (χ0n) is 18.1. The van der Waals surface area contributed by atoms with Crippen LogP contribution in [0.1, 0.15) is 47.9 Å². The molecule has 0 fully saturated rings. The van der Waals surface area contributed by atoms with Crippen LogP contribution in [-0.4, -0.2) is 0 Å². The van der Waals surface area contributed by atoms with Gasteiger partial charge in [-0.25, -0.2) is 9.13 Å². The van der Waals surface area contributed by atoms with Crippen molar-refractivity contribution in [2.45, 2.75) is 52.6 Å². The Bertz CT molecular complexity index is 971. The SMILES string of the molecule is Cc1cc[n+](CCCC#Cc2cccc(C#CCCC[n+]3ccc(C)cc3)c2)cc1. The molecular formula is C28H30N2+2. The van der Waals surface area contributed by atoms with Crippen LogP contribution in [0.4, 0.5) is 0 Å². The second-order valence-corrected chi connectivity index (χ2v) is 7.62. The standard InChI is InChI=1S/C28H30N2/c1-25-14-20-29(21-15-25)18-7-3-5-10-27-12-9-13-28(24-27)11-6-4-8-19-30-22-16-26(2)17-23-30/h9,12-17,20-24H,3-4,7-8,18-19H2,1-2H3/q+2. The molecule has 0 spiro atoms. The number of benzene rings is 1. The minimum Gasteiger partial charge on any atom is -0.205 e.